The van der Waals surface area contributed by atoms with E-state index in [2.05, 4.69) is 34.2 Å². The maximum absolute atomic E-state index is 8.78. The maximum atomic E-state index is 8.78. The predicted octanol–water partition coefficient (Wildman–Crippen LogP) is 2.03. The Morgan fingerprint density at radius 2 is 2.30 bits per heavy atom. The molecule has 1 aromatic rings. The van der Waals surface area contributed by atoms with Crippen LogP contribution in [0.3, 0.4) is 0 Å². The van der Waals surface area contributed by atoms with Crippen molar-refractivity contribution in [2.45, 2.75) is 32.7 Å². The predicted molar refractivity (Wildman–Crippen MR) is 79.4 cm³/mol. The van der Waals surface area contributed by atoms with Gasteiger partial charge < -0.3 is 15.3 Å². The van der Waals surface area contributed by atoms with Crippen molar-refractivity contribution >= 4 is 5.71 Å². The molecule has 0 saturated carbocycles. The van der Waals surface area contributed by atoms with Gasteiger partial charge in [0.2, 0.25) is 0 Å². The molecule has 0 spiro atoms. The number of aromatic nitrogens is 1. The number of rotatable bonds is 4. The SMILES string of the molecule is CC[C@@](C)(C#Cc1ncc(/C(C)=N\O)cc1OC)NC. The van der Waals surface area contributed by atoms with Crippen molar-refractivity contribution in [3.8, 4) is 17.6 Å². The van der Waals surface area contributed by atoms with Crippen molar-refractivity contribution < 1.29 is 9.94 Å². The molecule has 1 atom stereocenters. The van der Waals surface area contributed by atoms with E-state index in [1.165, 1.54) is 0 Å². The quantitative estimate of drug-likeness (QED) is 0.382. The van der Waals surface area contributed by atoms with Crippen LogP contribution in [0.2, 0.25) is 0 Å². The van der Waals surface area contributed by atoms with E-state index in [1.807, 2.05) is 14.0 Å². The Hall–Kier alpha value is -2.06. The largest absolute Gasteiger partial charge is 0.494 e. The van der Waals surface area contributed by atoms with Gasteiger partial charge >= 0.3 is 0 Å². The van der Waals surface area contributed by atoms with E-state index in [4.69, 9.17) is 9.94 Å². The summed E-state index contributed by atoms with van der Waals surface area (Å²) in [6.07, 6.45) is 2.50. The first-order chi connectivity index (χ1) is 9.49. The monoisotopic (exact) mass is 275 g/mol. The first kappa shape index (κ1) is 16.0. The first-order valence-electron chi connectivity index (χ1n) is 6.44. The molecule has 0 fully saturated rings. The summed E-state index contributed by atoms with van der Waals surface area (Å²) in [4.78, 5) is 4.27. The van der Waals surface area contributed by atoms with Crippen molar-refractivity contribution in [1.29, 1.82) is 0 Å². The van der Waals surface area contributed by atoms with Crippen LogP contribution in [-0.2, 0) is 0 Å². The second-order valence-electron chi connectivity index (χ2n) is 4.65. The van der Waals surface area contributed by atoms with E-state index in [9.17, 15) is 0 Å². The summed E-state index contributed by atoms with van der Waals surface area (Å²) in [6, 6.07) is 1.76. The summed E-state index contributed by atoms with van der Waals surface area (Å²) in [5.41, 5.74) is 1.48. The highest BCUT2D eigenvalue weighted by molar-refractivity contribution is 5.98. The van der Waals surface area contributed by atoms with E-state index in [-0.39, 0.29) is 5.54 Å². The minimum absolute atomic E-state index is 0.256. The Balaban J connectivity index is 3.18. The molecular formula is C15H21N3O2. The molecule has 2 N–H and O–H groups in total. The van der Waals surface area contributed by atoms with Crippen LogP contribution < -0.4 is 10.1 Å². The Labute approximate surface area is 120 Å². The molecule has 0 aromatic carbocycles. The highest BCUT2D eigenvalue weighted by atomic mass is 16.5. The van der Waals surface area contributed by atoms with Crippen LogP contribution in [0, 0.1) is 11.8 Å². The number of oxime groups is 1. The van der Waals surface area contributed by atoms with E-state index in [1.54, 1.807) is 26.3 Å². The second kappa shape index (κ2) is 6.92. The Kier molecular flexibility index (Phi) is 5.53. The molecule has 0 aliphatic rings. The van der Waals surface area contributed by atoms with Gasteiger partial charge in [-0.25, -0.2) is 4.98 Å². The molecule has 1 aromatic heterocycles. The fourth-order valence-corrected chi connectivity index (χ4v) is 1.47. The molecular weight excluding hydrogens is 254 g/mol. The minimum Gasteiger partial charge on any atom is -0.494 e. The van der Waals surface area contributed by atoms with E-state index < -0.39 is 0 Å². The summed E-state index contributed by atoms with van der Waals surface area (Å²) in [6.45, 7) is 5.79. The molecule has 5 nitrogen and oxygen atoms in total. The number of hydrogen-bond acceptors (Lipinski definition) is 5. The van der Waals surface area contributed by atoms with Crippen LogP contribution in [0.5, 0.6) is 5.75 Å². The molecule has 1 heterocycles. The zero-order chi connectivity index (χ0) is 15.2. The van der Waals surface area contributed by atoms with Crippen LogP contribution in [0.4, 0.5) is 0 Å². The van der Waals surface area contributed by atoms with Gasteiger partial charge in [0.1, 0.15) is 0 Å². The summed E-state index contributed by atoms with van der Waals surface area (Å²) in [7, 11) is 3.45. The number of nitrogens with zero attached hydrogens (tertiary/aromatic N) is 2. The minimum atomic E-state index is -0.256. The molecule has 0 bridgehead atoms. The standard InChI is InChI=1S/C15H21N3O2/c1-6-15(3,16-4)8-7-13-14(20-5)9-12(10-17-13)11(2)18-19/h9-10,16,19H,6H2,1-5H3/b18-11-/t15-/m0/s1. The topological polar surface area (TPSA) is 66.7 Å². The normalized spacial score (nSPS) is 14.2. The number of methoxy groups -OCH3 is 1. The Bertz CT molecular complexity index is 552. The van der Waals surface area contributed by atoms with Gasteiger partial charge in [0.15, 0.2) is 11.4 Å². The van der Waals surface area contributed by atoms with Gasteiger partial charge in [-0.15, -0.1) is 0 Å². The van der Waals surface area contributed by atoms with Crippen molar-refractivity contribution in [3.63, 3.8) is 0 Å². The summed E-state index contributed by atoms with van der Waals surface area (Å²) in [5, 5.41) is 15.1. The molecule has 0 aliphatic carbocycles. The molecule has 0 saturated heterocycles. The molecule has 0 radical (unpaired) electrons. The maximum Gasteiger partial charge on any atom is 0.155 e. The van der Waals surface area contributed by atoms with Crippen LogP contribution in [0.1, 0.15) is 38.4 Å². The average molecular weight is 275 g/mol. The van der Waals surface area contributed by atoms with E-state index in [0.29, 0.717) is 22.7 Å². The second-order valence-corrected chi connectivity index (χ2v) is 4.65. The van der Waals surface area contributed by atoms with Crippen LogP contribution >= 0.6 is 0 Å². The number of hydrogen-bond donors (Lipinski definition) is 2. The van der Waals surface area contributed by atoms with E-state index >= 15 is 0 Å². The summed E-state index contributed by atoms with van der Waals surface area (Å²) in [5.74, 6) is 6.77. The molecule has 0 aliphatic heterocycles. The van der Waals surface area contributed by atoms with Crippen molar-refractivity contribution in [2.75, 3.05) is 14.2 Å². The molecule has 0 amide bonds. The van der Waals surface area contributed by atoms with Gasteiger partial charge in [-0.05, 0) is 39.3 Å². The third-order valence-corrected chi connectivity index (χ3v) is 3.36. The Morgan fingerprint density at radius 1 is 1.60 bits per heavy atom. The highest BCUT2D eigenvalue weighted by Crippen LogP contribution is 2.18. The van der Waals surface area contributed by atoms with Gasteiger partial charge in [0.25, 0.3) is 0 Å². The van der Waals surface area contributed by atoms with Gasteiger partial charge in [0, 0.05) is 11.8 Å². The Morgan fingerprint density at radius 3 is 2.80 bits per heavy atom. The highest BCUT2D eigenvalue weighted by Gasteiger charge is 2.15. The lowest BCUT2D eigenvalue weighted by atomic mass is 10.00. The third-order valence-electron chi connectivity index (χ3n) is 3.36. The number of pyridine rings is 1. The molecule has 20 heavy (non-hydrogen) atoms. The molecule has 0 unspecified atom stereocenters. The third kappa shape index (κ3) is 3.72. The molecule has 108 valence electrons. The first-order valence-corrected chi connectivity index (χ1v) is 6.44. The van der Waals surface area contributed by atoms with E-state index in [0.717, 1.165) is 6.42 Å². The van der Waals surface area contributed by atoms with Gasteiger partial charge in [-0.2, -0.15) is 0 Å². The lowest BCUT2D eigenvalue weighted by Crippen LogP contribution is -2.37. The molecule has 1 rings (SSSR count). The fraction of sp³-hybridized carbons (Fsp3) is 0.467. The van der Waals surface area contributed by atoms with Crippen LogP contribution in [0.25, 0.3) is 0 Å². The van der Waals surface area contributed by atoms with Gasteiger partial charge in [-0.1, -0.05) is 18.0 Å². The fourth-order valence-electron chi connectivity index (χ4n) is 1.47. The van der Waals surface area contributed by atoms with Crippen molar-refractivity contribution in [1.82, 2.24) is 10.3 Å². The summed E-state index contributed by atoms with van der Waals surface area (Å²) >= 11 is 0. The lowest BCUT2D eigenvalue weighted by Gasteiger charge is -2.20. The van der Waals surface area contributed by atoms with Crippen LogP contribution in [0.15, 0.2) is 17.4 Å². The number of ether oxygens (including phenoxy) is 1. The zero-order valence-corrected chi connectivity index (χ0v) is 12.6. The van der Waals surface area contributed by atoms with Crippen molar-refractivity contribution in [2.24, 2.45) is 5.16 Å². The van der Waals surface area contributed by atoms with Gasteiger partial charge in [-0.3, -0.25) is 0 Å². The average Bonchev–Trinajstić information content (AvgIpc) is 2.51. The smallest absolute Gasteiger partial charge is 0.155 e. The lowest BCUT2D eigenvalue weighted by molar-refractivity contribution is 0.319. The van der Waals surface area contributed by atoms with Gasteiger partial charge in [0.05, 0.1) is 18.4 Å². The number of nitrogens with one attached hydrogen (secondary N) is 1. The van der Waals surface area contributed by atoms with Crippen LogP contribution in [-0.4, -0.2) is 35.6 Å². The molecule has 5 heteroatoms. The summed E-state index contributed by atoms with van der Waals surface area (Å²) < 4.78 is 5.29. The zero-order valence-electron chi connectivity index (χ0n) is 12.6. The van der Waals surface area contributed by atoms with Crippen molar-refractivity contribution in [3.05, 3.63) is 23.5 Å².